The van der Waals surface area contributed by atoms with Crippen LogP contribution in [0, 0.1) is 5.92 Å². The zero-order valence-electron chi connectivity index (χ0n) is 11.0. The minimum atomic E-state index is -1.000. The first-order valence-corrected chi connectivity index (χ1v) is 5.80. The van der Waals surface area contributed by atoms with Crippen LogP contribution in [0.1, 0.15) is 42.0 Å². The van der Waals surface area contributed by atoms with Gasteiger partial charge in [0.05, 0.1) is 13.0 Å². The van der Waals surface area contributed by atoms with Crippen LogP contribution in [-0.2, 0) is 23.9 Å². The third-order valence-electron chi connectivity index (χ3n) is 2.62. The van der Waals surface area contributed by atoms with E-state index in [4.69, 9.17) is 14.6 Å². The molecule has 19 heavy (non-hydrogen) atoms. The maximum Gasteiger partial charge on any atom is 0.334 e. The Morgan fingerprint density at radius 2 is 1.89 bits per heavy atom. The van der Waals surface area contributed by atoms with E-state index < -0.39 is 24.0 Å². The molecule has 0 saturated heterocycles. The van der Waals surface area contributed by atoms with E-state index in [1.165, 1.54) is 14.0 Å². The molecule has 2 atom stereocenters. The first-order valence-electron chi connectivity index (χ1n) is 5.80. The van der Waals surface area contributed by atoms with Crippen LogP contribution in [0.3, 0.4) is 0 Å². The predicted octanol–water partition coefficient (Wildman–Crippen LogP) is 1.91. The number of rotatable bonds is 9. The molecule has 0 saturated carbocycles. The summed E-state index contributed by atoms with van der Waals surface area (Å²) in [6.07, 6.45) is 0.0564. The number of hydrogen-bond donors (Lipinski definition) is 1. The number of carbonyl (C=O) groups excluding carboxylic acids is 2. The molecule has 6 heteroatoms. The van der Waals surface area contributed by atoms with Crippen LogP contribution in [0.15, 0.2) is 0 Å². The van der Waals surface area contributed by atoms with Gasteiger partial charge < -0.3 is 14.6 Å². The highest BCUT2D eigenvalue weighted by molar-refractivity contribution is 5.82. The van der Waals surface area contributed by atoms with Crippen LogP contribution >= 0.6 is 0 Å². The molecule has 0 radical (unpaired) electrons. The summed E-state index contributed by atoms with van der Waals surface area (Å²) >= 11 is 0. The molecule has 0 aliphatic heterocycles. The molecule has 6 nitrogen and oxygen atoms in total. The van der Waals surface area contributed by atoms with Gasteiger partial charge in [-0.25, -0.2) is 4.79 Å². The van der Waals surface area contributed by atoms with Crippen molar-refractivity contribution >= 4 is 17.7 Å². The second-order valence-electron chi connectivity index (χ2n) is 4.09. The first-order chi connectivity index (χ1) is 8.38. The third kappa shape index (κ3) is 9.18. The lowest BCUT2D eigenvalue weighted by atomic mass is 9.96. The second-order valence-corrected chi connectivity index (χ2v) is 4.09. The molecule has 0 heterocycles. The number of hydrogen-bond acceptors (Lipinski definition) is 5. The Labute approximate surface area is 115 Å². The second kappa shape index (κ2) is 10.5. The highest BCUT2D eigenvalue weighted by Crippen LogP contribution is 2.13. The summed E-state index contributed by atoms with van der Waals surface area (Å²) in [7, 11) is 1.41. The van der Waals surface area contributed by atoms with Gasteiger partial charge in [0, 0.05) is 14.5 Å². The molecule has 0 fully saturated rings. The average Bonchev–Trinajstić information content (AvgIpc) is 2.30. The number of methoxy groups -OCH3 is 1. The van der Waals surface area contributed by atoms with E-state index in [1.807, 2.05) is 0 Å². The maximum atomic E-state index is 11.2. The van der Waals surface area contributed by atoms with Crippen molar-refractivity contribution < 1.29 is 30.4 Å². The van der Waals surface area contributed by atoms with Crippen molar-refractivity contribution in [3.05, 3.63) is 0 Å². The topological polar surface area (TPSA) is 89.9 Å². The molecule has 0 rings (SSSR count). The number of Topliss-reactive ketones (excluding diaryl/α,β-unsaturated/α-hetero) is 1. The number of ketones is 1. The van der Waals surface area contributed by atoms with Crippen molar-refractivity contribution in [1.82, 2.24) is 0 Å². The predicted molar refractivity (Wildman–Crippen MR) is 71.9 cm³/mol. The summed E-state index contributed by atoms with van der Waals surface area (Å²) in [5.41, 5.74) is 0. The van der Waals surface area contributed by atoms with Crippen LogP contribution in [-0.4, -0.2) is 42.6 Å². The van der Waals surface area contributed by atoms with Crippen molar-refractivity contribution in [1.29, 1.82) is 0 Å². The SMILES string of the molecule is C.COC(C)C(=O)OCCCC(CC(=O)O)C(C)=O.[2HH]. The van der Waals surface area contributed by atoms with E-state index in [1.54, 1.807) is 6.92 Å². The van der Waals surface area contributed by atoms with E-state index in [0.29, 0.717) is 12.8 Å². The Hall–Kier alpha value is -1.43. The smallest absolute Gasteiger partial charge is 0.334 e. The molecular weight excluding hydrogens is 252 g/mol. The molecule has 0 aromatic heterocycles. The number of carboxylic acids is 1. The summed E-state index contributed by atoms with van der Waals surface area (Å²) in [5.74, 6) is -2.13. The number of aliphatic carboxylic acids is 1. The zero-order valence-corrected chi connectivity index (χ0v) is 11.0. The van der Waals surface area contributed by atoms with Crippen molar-refractivity contribution in [2.45, 2.75) is 46.6 Å². The zero-order chi connectivity index (χ0) is 14.1. The van der Waals surface area contributed by atoms with E-state index >= 15 is 0 Å². The molecule has 2 unspecified atom stereocenters. The van der Waals surface area contributed by atoms with Crippen molar-refractivity contribution in [3.8, 4) is 0 Å². The quantitative estimate of drug-likeness (QED) is 0.512. The molecule has 114 valence electrons. The lowest BCUT2D eigenvalue weighted by molar-refractivity contribution is -0.154. The van der Waals surface area contributed by atoms with Gasteiger partial charge in [0.15, 0.2) is 6.10 Å². The van der Waals surface area contributed by atoms with Gasteiger partial charge in [0.1, 0.15) is 5.78 Å². The van der Waals surface area contributed by atoms with Crippen molar-refractivity contribution in [2.75, 3.05) is 13.7 Å². The monoisotopic (exact) mass is 279 g/mol. The molecule has 0 aliphatic rings. The number of ether oxygens (including phenoxy) is 2. The molecule has 0 aromatic carbocycles. The summed E-state index contributed by atoms with van der Waals surface area (Å²) in [4.78, 5) is 32.9. The molecule has 1 N–H and O–H groups in total. The summed E-state index contributed by atoms with van der Waals surface area (Å²) in [6, 6.07) is 0. The molecule has 0 spiro atoms. The molecule has 0 aromatic rings. The van der Waals surface area contributed by atoms with Crippen molar-refractivity contribution in [2.24, 2.45) is 5.92 Å². The highest BCUT2D eigenvalue weighted by atomic mass is 16.6. The number of carboxylic acid groups (broad SMARTS) is 1. The standard InChI is InChI=1S/C12H20O6.CH4.H2/c1-8(13)10(7-11(14)15)5-4-6-18-12(16)9(2)17-3;;/h9-10H,4-7H2,1-3H3,(H,14,15);1H4;1H/i;;1+1. The third-order valence-corrected chi connectivity index (χ3v) is 2.62. The maximum absolute atomic E-state index is 11.2. The minimum Gasteiger partial charge on any atom is -0.481 e. The van der Waals surface area contributed by atoms with Gasteiger partial charge in [-0.3, -0.25) is 9.59 Å². The number of carbonyl (C=O) groups is 3. The van der Waals surface area contributed by atoms with Crippen LogP contribution in [0.25, 0.3) is 0 Å². The van der Waals surface area contributed by atoms with Gasteiger partial charge in [-0.05, 0) is 26.7 Å². The Morgan fingerprint density at radius 3 is 2.32 bits per heavy atom. The van der Waals surface area contributed by atoms with Crippen LogP contribution in [0.2, 0.25) is 0 Å². The fraction of sp³-hybridized carbons (Fsp3) is 0.769. The average molecular weight is 279 g/mol. The minimum absolute atomic E-state index is 0. The Morgan fingerprint density at radius 1 is 1.32 bits per heavy atom. The van der Waals surface area contributed by atoms with E-state index in [9.17, 15) is 14.4 Å². The molecule has 0 bridgehead atoms. The van der Waals surface area contributed by atoms with Gasteiger partial charge >= 0.3 is 11.9 Å². The van der Waals surface area contributed by atoms with Crippen LogP contribution < -0.4 is 0 Å². The first kappa shape index (κ1) is 19.9. The summed E-state index contributed by atoms with van der Waals surface area (Å²) < 4.78 is 9.68. The van der Waals surface area contributed by atoms with Crippen LogP contribution in [0.5, 0.6) is 0 Å². The van der Waals surface area contributed by atoms with Gasteiger partial charge in [0.2, 0.25) is 0 Å². The van der Waals surface area contributed by atoms with Gasteiger partial charge in [-0.2, -0.15) is 0 Å². The van der Waals surface area contributed by atoms with Gasteiger partial charge in [-0.15, -0.1) is 0 Å². The Kier molecular flexibility index (Phi) is 11.0. The normalized spacial score (nSPS) is 13.0. The van der Waals surface area contributed by atoms with Gasteiger partial charge in [-0.1, -0.05) is 7.43 Å². The molecule has 0 aliphatic carbocycles. The number of esters is 1. The van der Waals surface area contributed by atoms with Gasteiger partial charge in [0.25, 0.3) is 0 Å². The lowest BCUT2D eigenvalue weighted by Crippen LogP contribution is -2.23. The highest BCUT2D eigenvalue weighted by Gasteiger charge is 2.18. The van der Waals surface area contributed by atoms with E-state index in [0.717, 1.165) is 0 Å². The molecule has 0 amide bonds. The Bertz CT molecular complexity index is 305. The largest absolute Gasteiger partial charge is 0.481 e. The molecular formula is C13H26O6. The van der Waals surface area contributed by atoms with Crippen LogP contribution in [0.4, 0.5) is 0 Å². The van der Waals surface area contributed by atoms with Crippen molar-refractivity contribution in [3.63, 3.8) is 0 Å². The fourth-order valence-corrected chi connectivity index (χ4v) is 1.38. The fourth-order valence-electron chi connectivity index (χ4n) is 1.38. The van der Waals surface area contributed by atoms with E-state index in [-0.39, 0.29) is 27.7 Å². The summed E-state index contributed by atoms with van der Waals surface area (Å²) in [5, 5.41) is 8.63. The lowest BCUT2D eigenvalue weighted by Gasteiger charge is -2.12. The van der Waals surface area contributed by atoms with E-state index in [2.05, 4.69) is 0 Å². The Balaban J connectivity index is -0.00000144. The summed E-state index contributed by atoms with van der Waals surface area (Å²) in [6.45, 7) is 3.10.